The topological polar surface area (TPSA) is 29.3 Å². The Balaban J connectivity index is 3.27. The molecule has 2 N–H and O–H groups in total. The molecule has 0 saturated carbocycles. The van der Waals surface area contributed by atoms with E-state index in [4.69, 9.17) is 5.73 Å². The van der Waals surface area contributed by atoms with E-state index in [2.05, 4.69) is 0 Å². The van der Waals surface area contributed by atoms with Gasteiger partial charge in [0.05, 0.1) is 5.69 Å². The van der Waals surface area contributed by atoms with E-state index >= 15 is 0 Å². The molecule has 0 aromatic heterocycles. The van der Waals surface area contributed by atoms with Crippen LogP contribution in [-0.4, -0.2) is 0 Å². The molecular weight excluding hydrogens is 176 g/mol. The van der Waals surface area contributed by atoms with Gasteiger partial charge in [0, 0.05) is 0 Å². The summed E-state index contributed by atoms with van der Waals surface area (Å²) in [5.74, 6) is -3.12. The minimum Gasteiger partial charge on any atom is -0.396 e. The van der Waals surface area contributed by atoms with Gasteiger partial charge in [-0.05, 0) is 17.5 Å². The first-order valence-corrected chi connectivity index (χ1v) is 2.89. The van der Waals surface area contributed by atoms with E-state index < -0.39 is 28.4 Å². The molecule has 1 aromatic carbocycles. The summed E-state index contributed by atoms with van der Waals surface area (Å²) in [6.45, 7) is 0. The Bertz CT molecular complexity index is 300. The third kappa shape index (κ3) is 1.27. The number of anilines is 2. The lowest BCUT2D eigenvalue weighted by Gasteiger charge is -2.04. The van der Waals surface area contributed by atoms with Crippen LogP contribution in [0.5, 0.6) is 0 Å². The zero-order valence-corrected chi connectivity index (χ0v) is 5.69. The molecular formula is C6H4F4N2. The second-order valence-corrected chi connectivity index (χ2v) is 2.03. The predicted octanol–water partition coefficient (Wildman–Crippen LogP) is 2.12. The summed E-state index contributed by atoms with van der Waals surface area (Å²) >= 11 is 0. The fourth-order valence-electron chi connectivity index (χ4n) is 0.685. The van der Waals surface area contributed by atoms with Crippen LogP contribution in [0.2, 0.25) is 0 Å². The Morgan fingerprint density at radius 2 is 1.67 bits per heavy atom. The van der Waals surface area contributed by atoms with E-state index in [1.807, 2.05) is 0 Å². The van der Waals surface area contributed by atoms with Crippen molar-refractivity contribution < 1.29 is 17.7 Å². The van der Waals surface area contributed by atoms with E-state index in [1.165, 1.54) is 0 Å². The number of rotatable bonds is 1. The number of nitrogen functional groups attached to an aromatic ring is 1. The third-order valence-electron chi connectivity index (χ3n) is 1.27. The Hall–Kier alpha value is -1.46. The average Bonchev–Trinajstić information content (AvgIpc) is 2.00. The molecule has 0 bridgehead atoms. The molecule has 0 aliphatic carbocycles. The minimum atomic E-state index is -1.65. The molecule has 66 valence electrons. The molecule has 0 fully saturated rings. The maximum atomic E-state index is 12.5. The van der Waals surface area contributed by atoms with Crippen molar-refractivity contribution in [1.82, 2.24) is 0 Å². The Labute approximate surface area is 65.1 Å². The monoisotopic (exact) mass is 180 g/mol. The molecule has 2 nitrogen and oxygen atoms in total. The van der Waals surface area contributed by atoms with Crippen LogP contribution in [0.4, 0.5) is 29.1 Å². The van der Waals surface area contributed by atoms with Crippen molar-refractivity contribution in [3.63, 3.8) is 0 Å². The van der Waals surface area contributed by atoms with Crippen LogP contribution >= 0.6 is 0 Å². The number of nitrogens with zero attached hydrogens (tertiary/aromatic N) is 1. The van der Waals surface area contributed by atoms with Crippen molar-refractivity contribution >= 4 is 11.4 Å². The van der Waals surface area contributed by atoms with Crippen LogP contribution in [0, 0.1) is 11.6 Å². The quantitative estimate of drug-likeness (QED) is 0.407. The molecule has 0 saturated heterocycles. The molecule has 12 heavy (non-hydrogen) atoms. The van der Waals surface area contributed by atoms with Crippen molar-refractivity contribution in [2.24, 2.45) is 0 Å². The lowest BCUT2D eigenvalue weighted by atomic mass is 10.2. The smallest absolute Gasteiger partial charge is 0.189 e. The predicted molar refractivity (Wildman–Crippen MR) is 35.5 cm³/mol. The Morgan fingerprint density at radius 1 is 1.08 bits per heavy atom. The molecule has 0 spiro atoms. The average molecular weight is 180 g/mol. The van der Waals surface area contributed by atoms with Gasteiger partial charge in [-0.25, -0.2) is 8.78 Å². The zero-order valence-electron chi connectivity index (χ0n) is 5.69. The number of halogens is 4. The van der Waals surface area contributed by atoms with Gasteiger partial charge in [-0.15, -0.1) is 0 Å². The highest BCUT2D eigenvalue weighted by Gasteiger charge is 2.16. The van der Waals surface area contributed by atoms with Gasteiger partial charge >= 0.3 is 0 Å². The molecule has 1 rings (SSSR count). The minimum absolute atomic E-state index is 0.502. The molecule has 1 aromatic rings. The normalized spacial score (nSPS) is 10.0. The third-order valence-corrected chi connectivity index (χ3v) is 1.27. The van der Waals surface area contributed by atoms with Gasteiger partial charge in [-0.2, -0.15) is 0 Å². The van der Waals surface area contributed by atoms with Crippen LogP contribution in [0.3, 0.4) is 0 Å². The summed E-state index contributed by atoms with van der Waals surface area (Å²) in [6, 6.07) is 1.55. The first-order valence-electron chi connectivity index (χ1n) is 2.89. The zero-order chi connectivity index (χ0) is 9.30. The molecule has 6 heteroatoms. The first kappa shape index (κ1) is 8.63. The number of benzene rings is 1. The van der Waals surface area contributed by atoms with E-state index in [0.717, 1.165) is 6.07 Å². The highest BCUT2D eigenvalue weighted by Crippen LogP contribution is 2.25. The lowest BCUT2D eigenvalue weighted by Crippen LogP contribution is -2.03. The SMILES string of the molecule is Nc1ccc(N(F)F)c(F)c1F. The molecule has 0 amide bonds. The van der Waals surface area contributed by atoms with Crippen LogP contribution in [0.15, 0.2) is 12.1 Å². The maximum Gasteiger partial charge on any atom is 0.189 e. The molecule has 0 aliphatic rings. The summed E-state index contributed by atoms with van der Waals surface area (Å²) in [5, 5.41) is -1.52. The largest absolute Gasteiger partial charge is 0.396 e. The highest BCUT2D eigenvalue weighted by atomic mass is 19.4. The highest BCUT2D eigenvalue weighted by molar-refractivity contribution is 5.52. The van der Waals surface area contributed by atoms with Crippen LogP contribution in [-0.2, 0) is 0 Å². The Kier molecular flexibility index (Phi) is 2.07. The molecule has 0 aliphatic heterocycles. The van der Waals surface area contributed by atoms with Crippen molar-refractivity contribution in [1.29, 1.82) is 0 Å². The second kappa shape index (κ2) is 2.88. The van der Waals surface area contributed by atoms with Gasteiger partial charge in [0.25, 0.3) is 0 Å². The fourth-order valence-corrected chi connectivity index (χ4v) is 0.685. The van der Waals surface area contributed by atoms with E-state index in [9.17, 15) is 17.7 Å². The van der Waals surface area contributed by atoms with Crippen molar-refractivity contribution in [3.8, 4) is 0 Å². The van der Waals surface area contributed by atoms with Crippen molar-refractivity contribution in [2.75, 3.05) is 11.1 Å². The summed E-state index contributed by atoms with van der Waals surface area (Å²) in [6.07, 6.45) is 0. The number of hydrogen-bond acceptors (Lipinski definition) is 2. The van der Waals surface area contributed by atoms with E-state index in [1.54, 1.807) is 0 Å². The summed E-state index contributed by atoms with van der Waals surface area (Å²) in [5.41, 5.74) is 3.27. The van der Waals surface area contributed by atoms with Crippen LogP contribution in [0.25, 0.3) is 0 Å². The number of nitrogens with two attached hydrogens (primary N) is 1. The van der Waals surface area contributed by atoms with Gasteiger partial charge < -0.3 is 5.73 Å². The summed E-state index contributed by atoms with van der Waals surface area (Å²) in [4.78, 5) is 0. The van der Waals surface area contributed by atoms with Crippen LogP contribution in [0.1, 0.15) is 0 Å². The van der Waals surface area contributed by atoms with Gasteiger partial charge in [0.15, 0.2) is 11.6 Å². The standard InChI is InChI=1S/C6H4F4N2/c7-5-3(11)1-2-4(6(5)8)12(9)10/h1-2H,11H2. The Morgan fingerprint density at radius 3 is 2.17 bits per heavy atom. The molecule has 0 heterocycles. The van der Waals surface area contributed by atoms with Gasteiger partial charge in [-0.1, -0.05) is 8.96 Å². The van der Waals surface area contributed by atoms with Crippen molar-refractivity contribution in [2.45, 2.75) is 0 Å². The summed E-state index contributed by atoms with van der Waals surface area (Å²) in [7, 11) is 0. The molecule has 0 unspecified atom stereocenters. The van der Waals surface area contributed by atoms with E-state index in [0.29, 0.717) is 6.07 Å². The maximum absolute atomic E-state index is 12.5. The first-order chi connectivity index (χ1) is 5.54. The summed E-state index contributed by atoms with van der Waals surface area (Å²) < 4.78 is 48.5. The van der Waals surface area contributed by atoms with Crippen LogP contribution < -0.4 is 11.1 Å². The molecule has 0 radical (unpaired) electrons. The fraction of sp³-hybridized carbons (Fsp3) is 0. The van der Waals surface area contributed by atoms with E-state index in [-0.39, 0.29) is 0 Å². The van der Waals surface area contributed by atoms with Crippen molar-refractivity contribution in [3.05, 3.63) is 23.8 Å². The van der Waals surface area contributed by atoms with Gasteiger partial charge in [-0.3, -0.25) is 0 Å². The number of hydrogen-bond donors (Lipinski definition) is 1. The second-order valence-electron chi connectivity index (χ2n) is 2.03. The lowest BCUT2D eigenvalue weighted by molar-refractivity contribution is 0.229. The molecule has 0 atom stereocenters. The van der Waals surface area contributed by atoms with Gasteiger partial charge in [0.1, 0.15) is 5.69 Å². The van der Waals surface area contributed by atoms with Gasteiger partial charge in [0.2, 0.25) is 0 Å².